The van der Waals surface area contributed by atoms with Gasteiger partial charge in [-0.15, -0.1) is 11.3 Å². The first-order chi connectivity index (χ1) is 13.9. The molecule has 0 spiro atoms. The van der Waals surface area contributed by atoms with Crippen molar-refractivity contribution in [2.75, 3.05) is 25.5 Å². The van der Waals surface area contributed by atoms with E-state index >= 15 is 0 Å². The predicted molar refractivity (Wildman–Crippen MR) is 120 cm³/mol. The maximum atomic E-state index is 12.7. The molecule has 0 aliphatic rings. The zero-order valence-corrected chi connectivity index (χ0v) is 18.7. The number of hydrogen-bond donors (Lipinski definition) is 1. The Kier molecular flexibility index (Phi) is 7.30. The molecule has 1 heterocycles. The van der Waals surface area contributed by atoms with Crippen molar-refractivity contribution in [3.8, 4) is 5.75 Å². The van der Waals surface area contributed by atoms with Gasteiger partial charge in [0.2, 0.25) is 0 Å². The summed E-state index contributed by atoms with van der Waals surface area (Å²) in [6.07, 6.45) is 0. The minimum Gasteiger partial charge on any atom is -0.492 e. The van der Waals surface area contributed by atoms with Crippen molar-refractivity contribution < 1.29 is 14.3 Å². The Morgan fingerprint density at radius 2 is 1.93 bits per heavy atom. The molecule has 0 saturated heterocycles. The van der Waals surface area contributed by atoms with Crippen LogP contribution < -0.4 is 10.1 Å². The molecule has 0 saturated carbocycles. The fraction of sp³-hybridized carbons (Fsp3) is 0.143. The second-order valence-corrected chi connectivity index (χ2v) is 8.43. The van der Waals surface area contributed by atoms with Crippen molar-refractivity contribution in [1.29, 1.82) is 0 Å². The predicted octanol–water partition coefficient (Wildman–Crippen LogP) is 5.57. The maximum absolute atomic E-state index is 12.7. The van der Waals surface area contributed by atoms with Crippen LogP contribution in [-0.4, -0.2) is 36.9 Å². The summed E-state index contributed by atoms with van der Waals surface area (Å²) in [6, 6.07) is 15.8. The third-order valence-electron chi connectivity index (χ3n) is 4.06. The number of halogens is 2. The molecule has 0 aliphatic carbocycles. The molecule has 2 amide bonds. The molecule has 1 N–H and O–H groups in total. The van der Waals surface area contributed by atoms with Crippen molar-refractivity contribution in [3.63, 3.8) is 0 Å². The van der Waals surface area contributed by atoms with Crippen LogP contribution in [-0.2, 0) is 0 Å². The molecule has 1 aromatic heterocycles. The van der Waals surface area contributed by atoms with Gasteiger partial charge < -0.3 is 15.0 Å². The number of ether oxygens (including phenoxy) is 1. The van der Waals surface area contributed by atoms with Crippen molar-refractivity contribution in [1.82, 2.24) is 4.90 Å². The summed E-state index contributed by atoms with van der Waals surface area (Å²) in [7, 11) is 1.70. The van der Waals surface area contributed by atoms with Crippen LogP contribution in [0.15, 0.2) is 64.5 Å². The van der Waals surface area contributed by atoms with Gasteiger partial charge in [-0.1, -0.05) is 33.6 Å². The standard InChI is InChI=1S/C21H18BrClN2O3S/c1-25(10-11-28-16-7-5-15(22)6-8-16)21(27)14-4-9-17(23)18(13-14)24-20(26)19-3-2-12-29-19/h2-9,12-13H,10-11H2,1H3,(H,24,26). The molecule has 0 fully saturated rings. The number of anilines is 1. The van der Waals surface area contributed by atoms with E-state index in [-0.39, 0.29) is 11.8 Å². The average Bonchev–Trinajstić information content (AvgIpc) is 3.25. The zero-order chi connectivity index (χ0) is 20.8. The molecular weight excluding hydrogens is 476 g/mol. The molecular formula is C21H18BrClN2O3S. The van der Waals surface area contributed by atoms with Crippen LogP contribution in [0.4, 0.5) is 5.69 Å². The summed E-state index contributed by atoms with van der Waals surface area (Å²) in [5.74, 6) is 0.287. The first-order valence-corrected chi connectivity index (χ1v) is 10.8. The molecule has 0 unspecified atom stereocenters. The normalized spacial score (nSPS) is 10.4. The van der Waals surface area contributed by atoms with Crippen molar-refractivity contribution in [3.05, 3.63) is 79.9 Å². The summed E-state index contributed by atoms with van der Waals surface area (Å²) < 4.78 is 6.64. The van der Waals surface area contributed by atoms with Gasteiger partial charge in [0, 0.05) is 17.1 Å². The number of likely N-dealkylation sites (N-methyl/N-ethyl adjacent to an activating group) is 1. The summed E-state index contributed by atoms with van der Waals surface area (Å²) in [4.78, 5) is 27.1. The highest BCUT2D eigenvalue weighted by atomic mass is 79.9. The van der Waals surface area contributed by atoms with Crippen LogP contribution in [0.5, 0.6) is 5.75 Å². The van der Waals surface area contributed by atoms with Crippen LogP contribution in [0.2, 0.25) is 5.02 Å². The van der Waals surface area contributed by atoms with E-state index in [4.69, 9.17) is 16.3 Å². The number of amides is 2. The van der Waals surface area contributed by atoms with Crippen LogP contribution in [0.25, 0.3) is 0 Å². The molecule has 0 aliphatic heterocycles. The SMILES string of the molecule is CN(CCOc1ccc(Br)cc1)C(=O)c1ccc(Cl)c(NC(=O)c2cccs2)c1. The summed E-state index contributed by atoms with van der Waals surface area (Å²) in [6.45, 7) is 0.772. The number of nitrogens with one attached hydrogen (secondary N) is 1. The largest absolute Gasteiger partial charge is 0.492 e. The van der Waals surface area contributed by atoms with Gasteiger partial charge in [0.05, 0.1) is 22.1 Å². The summed E-state index contributed by atoms with van der Waals surface area (Å²) in [5.41, 5.74) is 0.831. The Morgan fingerprint density at radius 3 is 2.62 bits per heavy atom. The van der Waals surface area contributed by atoms with Gasteiger partial charge in [-0.05, 0) is 53.9 Å². The van der Waals surface area contributed by atoms with Gasteiger partial charge >= 0.3 is 0 Å². The Bertz CT molecular complexity index is 994. The van der Waals surface area contributed by atoms with E-state index in [0.717, 1.165) is 10.2 Å². The van der Waals surface area contributed by atoms with E-state index in [9.17, 15) is 9.59 Å². The van der Waals surface area contributed by atoms with Crippen molar-refractivity contribution in [2.45, 2.75) is 0 Å². The smallest absolute Gasteiger partial charge is 0.265 e. The maximum Gasteiger partial charge on any atom is 0.265 e. The lowest BCUT2D eigenvalue weighted by atomic mass is 10.1. The average molecular weight is 494 g/mol. The van der Waals surface area contributed by atoms with Gasteiger partial charge in [0.25, 0.3) is 11.8 Å². The third kappa shape index (κ3) is 5.82. The molecule has 0 radical (unpaired) electrons. The quantitative estimate of drug-likeness (QED) is 0.468. The van der Waals surface area contributed by atoms with Crippen molar-refractivity contribution in [2.24, 2.45) is 0 Å². The van der Waals surface area contributed by atoms with Gasteiger partial charge in [-0.2, -0.15) is 0 Å². The Balaban J connectivity index is 1.60. The van der Waals surface area contributed by atoms with Crippen LogP contribution in [0.1, 0.15) is 20.0 Å². The lowest BCUT2D eigenvalue weighted by Gasteiger charge is -2.18. The van der Waals surface area contributed by atoms with E-state index in [0.29, 0.717) is 34.3 Å². The lowest BCUT2D eigenvalue weighted by Crippen LogP contribution is -2.31. The van der Waals surface area contributed by atoms with Crippen LogP contribution >= 0.6 is 38.9 Å². The van der Waals surface area contributed by atoms with E-state index in [2.05, 4.69) is 21.2 Å². The van der Waals surface area contributed by atoms with Crippen molar-refractivity contribution >= 4 is 56.4 Å². The van der Waals surface area contributed by atoms with Gasteiger partial charge in [-0.3, -0.25) is 9.59 Å². The monoisotopic (exact) mass is 492 g/mol. The van der Waals surface area contributed by atoms with Crippen LogP contribution in [0.3, 0.4) is 0 Å². The minimum absolute atomic E-state index is 0.187. The second-order valence-electron chi connectivity index (χ2n) is 6.16. The number of thiophene rings is 1. The molecule has 3 rings (SSSR count). The molecule has 29 heavy (non-hydrogen) atoms. The van der Waals surface area contributed by atoms with E-state index in [1.54, 1.807) is 42.3 Å². The molecule has 8 heteroatoms. The number of carbonyl (C=O) groups excluding carboxylic acids is 2. The minimum atomic E-state index is -0.261. The molecule has 0 bridgehead atoms. The van der Waals surface area contributed by atoms with E-state index < -0.39 is 0 Å². The summed E-state index contributed by atoms with van der Waals surface area (Å²) >= 11 is 10.9. The molecule has 150 valence electrons. The summed E-state index contributed by atoms with van der Waals surface area (Å²) in [5, 5.41) is 4.95. The fourth-order valence-electron chi connectivity index (χ4n) is 2.50. The second kappa shape index (κ2) is 9.91. The molecule has 5 nitrogen and oxygen atoms in total. The lowest BCUT2D eigenvalue weighted by molar-refractivity contribution is 0.0773. The zero-order valence-electron chi connectivity index (χ0n) is 15.5. The highest BCUT2D eigenvalue weighted by Crippen LogP contribution is 2.25. The highest BCUT2D eigenvalue weighted by molar-refractivity contribution is 9.10. The number of carbonyl (C=O) groups is 2. The number of nitrogens with zero attached hydrogens (tertiary/aromatic N) is 1. The van der Waals surface area contributed by atoms with E-state index in [1.807, 2.05) is 29.6 Å². The Hall–Kier alpha value is -2.35. The van der Waals surface area contributed by atoms with E-state index in [1.165, 1.54) is 11.3 Å². The fourth-order valence-corrected chi connectivity index (χ4v) is 3.55. The highest BCUT2D eigenvalue weighted by Gasteiger charge is 2.15. The topological polar surface area (TPSA) is 58.6 Å². The van der Waals surface area contributed by atoms with Gasteiger partial charge in [0.15, 0.2) is 0 Å². The van der Waals surface area contributed by atoms with Gasteiger partial charge in [-0.25, -0.2) is 0 Å². The first kappa shape index (κ1) is 21.4. The molecule has 2 aromatic carbocycles. The molecule has 3 aromatic rings. The van der Waals surface area contributed by atoms with Gasteiger partial charge in [0.1, 0.15) is 12.4 Å². The first-order valence-electron chi connectivity index (χ1n) is 8.72. The van der Waals surface area contributed by atoms with Crippen LogP contribution in [0, 0.1) is 0 Å². The number of hydrogen-bond acceptors (Lipinski definition) is 4. The Morgan fingerprint density at radius 1 is 1.17 bits per heavy atom. The molecule has 0 atom stereocenters. The number of rotatable bonds is 7. The third-order valence-corrected chi connectivity index (χ3v) is 5.79. The number of benzene rings is 2. The Labute approximate surface area is 186 Å².